The Kier molecular flexibility index (Phi) is 8.08. The quantitative estimate of drug-likeness (QED) is 0.0917. The first kappa shape index (κ1) is 27.3. The smallest absolute Gasteiger partial charge is 0.301 e. The number of carbonyl (C=O) groups is 2. The molecule has 0 saturated carbocycles. The van der Waals surface area contributed by atoms with Crippen LogP contribution in [0.25, 0.3) is 5.76 Å². The summed E-state index contributed by atoms with van der Waals surface area (Å²) in [6, 6.07) is 13.5. The van der Waals surface area contributed by atoms with Gasteiger partial charge in [-0.25, -0.2) is 4.39 Å². The number of pyridine rings is 1. The van der Waals surface area contributed by atoms with Crippen molar-refractivity contribution in [1.82, 2.24) is 15.2 Å². The number of nitrogens with zero attached hydrogens (tertiary/aromatic N) is 4. The zero-order chi connectivity index (χ0) is 28.2. The molecule has 1 fully saturated rings. The van der Waals surface area contributed by atoms with Crippen LogP contribution in [-0.2, 0) is 15.3 Å². The summed E-state index contributed by atoms with van der Waals surface area (Å²) in [4.78, 5) is 32.0. The zero-order valence-corrected chi connectivity index (χ0v) is 23.0. The van der Waals surface area contributed by atoms with Gasteiger partial charge in [0.25, 0.3) is 5.78 Å². The average molecular weight is 579 g/mol. The van der Waals surface area contributed by atoms with Crippen molar-refractivity contribution in [3.63, 3.8) is 0 Å². The molecule has 3 heterocycles. The monoisotopic (exact) mass is 578 g/mol. The van der Waals surface area contributed by atoms with Crippen LogP contribution in [0, 0.1) is 5.82 Å². The Morgan fingerprint density at radius 3 is 2.60 bits per heavy atom. The Morgan fingerprint density at radius 1 is 1.10 bits per heavy atom. The number of ether oxygens (including phenoxy) is 2. The number of hydrogen-bond acceptors (Lipinski definition) is 10. The van der Waals surface area contributed by atoms with Gasteiger partial charge in [0, 0.05) is 23.7 Å². The van der Waals surface area contributed by atoms with E-state index in [4.69, 9.17) is 9.47 Å². The fraction of sp³-hybridized carbons (Fsp3) is 0.179. The lowest BCUT2D eigenvalue weighted by Gasteiger charge is -2.23. The van der Waals surface area contributed by atoms with Crippen molar-refractivity contribution in [3.8, 4) is 11.5 Å². The summed E-state index contributed by atoms with van der Waals surface area (Å²) >= 11 is 2.35. The normalized spacial score (nSPS) is 16.4. The number of halogens is 1. The number of amides is 1. The third-order valence-electron chi connectivity index (χ3n) is 6.11. The molecule has 4 aromatic rings. The van der Waals surface area contributed by atoms with Crippen molar-refractivity contribution >= 4 is 45.7 Å². The van der Waals surface area contributed by atoms with E-state index in [0.29, 0.717) is 44.9 Å². The first-order chi connectivity index (χ1) is 19.4. The van der Waals surface area contributed by atoms with Crippen LogP contribution in [0.15, 0.2) is 76.9 Å². The number of Topliss-reactive ketones (excluding diaryl/α,β-unsaturated/α-hetero) is 1. The summed E-state index contributed by atoms with van der Waals surface area (Å²) in [5.74, 6) is -1.22. The number of methoxy groups -OCH3 is 1. The Bertz CT molecular complexity index is 1590. The molecule has 12 heteroatoms. The van der Waals surface area contributed by atoms with Crippen LogP contribution >= 0.6 is 23.1 Å². The highest BCUT2D eigenvalue weighted by molar-refractivity contribution is 8.00. The third kappa shape index (κ3) is 5.27. The van der Waals surface area contributed by atoms with Crippen LogP contribution in [0.3, 0.4) is 0 Å². The van der Waals surface area contributed by atoms with Gasteiger partial charge in [0.05, 0.1) is 25.3 Å². The van der Waals surface area contributed by atoms with Gasteiger partial charge < -0.3 is 14.6 Å². The number of hydrogen-bond donors (Lipinski definition) is 1. The summed E-state index contributed by atoms with van der Waals surface area (Å²) in [5, 5.41) is 19.7. The number of anilines is 1. The lowest BCUT2D eigenvalue weighted by Crippen LogP contribution is -2.29. The number of aromatic nitrogens is 3. The predicted octanol–water partition coefficient (Wildman–Crippen LogP) is 5.40. The largest absolute Gasteiger partial charge is 0.507 e. The molecule has 1 aliphatic heterocycles. The Hall–Kier alpha value is -4.29. The van der Waals surface area contributed by atoms with E-state index in [1.54, 1.807) is 48.5 Å². The minimum absolute atomic E-state index is 0.113. The van der Waals surface area contributed by atoms with Crippen molar-refractivity contribution in [2.75, 3.05) is 18.6 Å². The molecule has 5 rings (SSSR count). The second-order valence-corrected chi connectivity index (χ2v) is 10.7. The van der Waals surface area contributed by atoms with Crippen molar-refractivity contribution in [2.24, 2.45) is 0 Å². The molecule has 2 aromatic carbocycles. The Labute approximate surface area is 237 Å². The van der Waals surface area contributed by atoms with E-state index < -0.39 is 17.7 Å². The fourth-order valence-corrected chi connectivity index (χ4v) is 6.11. The standard InChI is InChI=1S/C28H23FN4O5S2/c1-3-38-20-9-8-17(14-21(20)37-2)23-22(24(34)16-10-12-30-13-11-16)25(35)26(36)33(23)27-31-32-28(40-27)39-15-18-6-4-5-7-19(18)29/h4-14,23,34H,3,15H2,1-2H3. The van der Waals surface area contributed by atoms with Gasteiger partial charge in [-0.05, 0) is 48.4 Å². The SMILES string of the molecule is CCOc1ccc(C2C(=C(O)c3ccncc3)C(=O)C(=O)N2c2nnc(SCc3ccccc3F)s2)cc1OC. The number of thioether (sulfide) groups is 1. The highest BCUT2D eigenvalue weighted by atomic mass is 32.2. The highest BCUT2D eigenvalue weighted by Crippen LogP contribution is 2.45. The molecule has 2 aromatic heterocycles. The molecule has 1 amide bonds. The number of rotatable bonds is 9. The van der Waals surface area contributed by atoms with E-state index in [0.717, 1.165) is 11.3 Å². The number of carbonyl (C=O) groups excluding carboxylic acids is 2. The molecule has 1 aliphatic rings. The van der Waals surface area contributed by atoms with Gasteiger partial charge in [-0.15, -0.1) is 10.2 Å². The second kappa shape index (κ2) is 11.8. The lowest BCUT2D eigenvalue weighted by molar-refractivity contribution is -0.132. The lowest BCUT2D eigenvalue weighted by atomic mass is 9.95. The van der Waals surface area contributed by atoms with E-state index in [2.05, 4.69) is 15.2 Å². The topological polar surface area (TPSA) is 115 Å². The van der Waals surface area contributed by atoms with E-state index in [1.165, 1.54) is 42.2 Å². The van der Waals surface area contributed by atoms with E-state index in [-0.39, 0.29) is 22.3 Å². The summed E-state index contributed by atoms with van der Waals surface area (Å²) in [6.07, 6.45) is 2.95. The summed E-state index contributed by atoms with van der Waals surface area (Å²) in [6.45, 7) is 2.25. The molecule has 0 aliphatic carbocycles. The molecule has 1 N–H and O–H groups in total. The molecule has 0 bridgehead atoms. The van der Waals surface area contributed by atoms with Gasteiger partial charge in [0.15, 0.2) is 15.8 Å². The molecule has 1 unspecified atom stereocenters. The number of aliphatic hydroxyl groups excluding tert-OH is 1. The van der Waals surface area contributed by atoms with E-state index in [9.17, 15) is 19.1 Å². The van der Waals surface area contributed by atoms with Gasteiger partial charge in [0.1, 0.15) is 11.6 Å². The second-order valence-electron chi connectivity index (χ2n) is 8.48. The summed E-state index contributed by atoms with van der Waals surface area (Å²) in [5.41, 5.74) is 1.21. The molecular weight excluding hydrogens is 555 g/mol. The molecule has 1 atom stereocenters. The zero-order valence-electron chi connectivity index (χ0n) is 21.4. The minimum atomic E-state index is -1.03. The maximum Gasteiger partial charge on any atom is 0.301 e. The van der Waals surface area contributed by atoms with Gasteiger partial charge in [-0.1, -0.05) is 47.4 Å². The van der Waals surface area contributed by atoms with Crippen molar-refractivity contribution in [2.45, 2.75) is 23.1 Å². The van der Waals surface area contributed by atoms with Gasteiger partial charge in [0.2, 0.25) is 5.13 Å². The maximum absolute atomic E-state index is 14.1. The minimum Gasteiger partial charge on any atom is -0.507 e. The molecule has 9 nitrogen and oxygen atoms in total. The average Bonchev–Trinajstić information content (AvgIpc) is 3.55. The number of benzene rings is 2. The Balaban J connectivity index is 1.57. The van der Waals surface area contributed by atoms with Crippen LogP contribution in [0.1, 0.15) is 29.7 Å². The van der Waals surface area contributed by atoms with Crippen LogP contribution in [0.4, 0.5) is 9.52 Å². The first-order valence-corrected chi connectivity index (χ1v) is 13.9. The molecule has 1 saturated heterocycles. The fourth-order valence-electron chi connectivity index (χ4n) is 4.25. The predicted molar refractivity (Wildman–Crippen MR) is 149 cm³/mol. The maximum atomic E-state index is 14.1. The van der Waals surface area contributed by atoms with Crippen LogP contribution in [0.5, 0.6) is 11.5 Å². The van der Waals surface area contributed by atoms with Crippen LogP contribution in [-0.4, -0.2) is 45.7 Å². The number of aliphatic hydroxyl groups is 1. The molecule has 0 spiro atoms. The molecule has 204 valence electrons. The van der Waals surface area contributed by atoms with Gasteiger partial charge >= 0.3 is 5.91 Å². The van der Waals surface area contributed by atoms with E-state index >= 15 is 0 Å². The van der Waals surface area contributed by atoms with Crippen molar-refractivity contribution < 1.29 is 28.6 Å². The van der Waals surface area contributed by atoms with Crippen LogP contribution < -0.4 is 14.4 Å². The molecular formula is C28H23FN4O5S2. The van der Waals surface area contributed by atoms with Gasteiger partial charge in [-0.2, -0.15) is 0 Å². The molecule has 40 heavy (non-hydrogen) atoms. The van der Waals surface area contributed by atoms with Crippen LogP contribution in [0.2, 0.25) is 0 Å². The molecule has 0 radical (unpaired) electrons. The summed E-state index contributed by atoms with van der Waals surface area (Å²) in [7, 11) is 1.49. The van der Waals surface area contributed by atoms with Crippen molar-refractivity contribution in [1.29, 1.82) is 0 Å². The summed E-state index contributed by atoms with van der Waals surface area (Å²) < 4.78 is 25.7. The van der Waals surface area contributed by atoms with Crippen molar-refractivity contribution in [3.05, 3.63) is 95.1 Å². The third-order valence-corrected chi connectivity index (χ3v) is 8.22. The van der Waals surface area contributed by atoms with E-state index in [1.807, 2.05) is 6.92 Å². The van der Waals surface area contributed by atoms with Gasteiger partial charge in [-0.3, -0.25) is 19.5 Å². The Morgan fingerprint density at radius 2 is 1.88 bits per heavy atom. The first-order valence-electron chi connectivity index (χ1n) is 12.1. The highest BCUT2D eigenvalue weighted by Gasteiger charge is 2.48. The number of ketones is 1.